The van der Waals surface area contributed by atoms with Crippen LogP contribution in [0.15, 0.2) is 0 Å². The molecule has 0 amide bonds. The monoisotopic (exact) mass is 158 g/mol. The zero-order valence-electron chi connectivity index (χ0n) is 7.68. The van der Waals surface area contributed by atoms with Crippen molar-refractivity contribution in [2.24, 2.45) is 0 Å². The molecule has 0 aromatic rings. The van der Waals surface area contributed by atoms with Crippen molar-refractivity contribution in [2.75, 3.05) is 33.7 Å². The van der Waals surface area contributed by atoms with Gasteiger partial charge in [0.15, 0.2) is 0 Å². The smallest absolute Gasteiger partial charge is 0.143 e. The second kappa shape index (κ2) is 6.31. The third kappa shape index (κ3) is 7.49. The van der Waals surface area contributed by atoms with Crippen molar-refractivity contribution in [3.63, 3.8) is 0 Å². The Morgan fingerprint density at radius 1 is 1.55 bits per heavy atom. The van der Waals surface area contributed by atoms with E-state index in [-0.39, 0.29) is 5.78 Å². The van der Waals surface area contributed by atoms with Crippen molar-refractivity contribution in [3.05, 3.63) is 0 Å². The molecule has 0 bridgehead atoms. The summed E-state index contributed by atoms with van der Waals surface area (Å²) in [4.78, 5) is 12.7. The molecule has 0 unspecified atom stereocenters. The van der Waals surface area contributed by atoms with Crippen LogP contribution in [0.5, 0.6) is 0 Å². The summed E-state index contributed by atoms with van der Waals surface area (Å²) in [7, 11) is 3.90. The molecule has 0 radical (unpaired) electrons. The normalized spacial score (nSPS) is 10.5. The summed E-state index contributed by atoms with van der Waals surface area (Å²) >= 11 is 0. The van der Waals surface area contributed by atoms with Crippen molar-refractivity contribution >= 4 is 5.78 Å². The quantitative estimate of drug-likeness (QED) is 0.557. The van der Waals surface area contributed by atoms with Gasteiger partial charge in [0, 0.05) is 0 Å². The first kappa shape index (κ1) is 10.6. The summed E-state index contributed by atoms with van der Waals surface area (Å²) in [6, 6.07) is 0. The van der Waals surface area contributed by atoms with Crippen molar-refractivity contribution in [3.8, 4) is 0 Å². The summed E-state index contributed by atoms with van der Waals surface area (Å²) < 4.78 is 0. The molecule has 0 aliphatic carbocycles. The third-order valence-electron chi connectivity index (χ3n) is 1.46. The van der Waals surface area contributed by atoms with Gasteiger partial charge in [0.2, 0.25) is 0 Å². The van der Waals surface area contributed by atoms with Crippen LogP contribution in [0, 0.1) is 0 Å². The van der Waals surface area contributed by atoms with E-state index in [2.05, 4.69) is 5.32 Å². The van der Waals surface area contributed by atoms with Crippen LogP contribution in [0.25, 0.3) is 0 Å². The topological polar surface area (TPSA) is 32.3 Å². The maximum atomic E-state index is 10.6. The number of hydrogen-bond acceptors (Lipinski definition) is 3. The zero-order chi connectivity index (χ0) is 8.69. The highest BCUT2D eigenvalue weighted by Gasteiger charge is 1.99. The Hall–Kier alpha value is -0.410. The van der Waals surface area contributed by atoms with Crippen LogP contribution in [-0.2, 0) is 4.79 Å². The standard InChI is InChI=1S/C8H18N2O/c1-8(11)7-10(3)6-4-5-9-2/h9H,4-7H2,1-3H3. The maximum absolute atomic E-state index is 10.6. The van der Waals surface area contributed by atoms with Gasteiger partial charge >= 0.3 is 0 Å². The molecule has 0 aromatic heterocycles. The molecule has 3 heteroatoms. The summed E-state index contributed by atoms with van der Waals surface area (Å²) in [5, 5.41) is 3.06. The van der Waals surface area contributed by atoms with E-state index >= 15 is 0 Å². The van der Waals surface area contributed by atoms with E-state index in [0.29, 0.717) is 6.54 Å². The fraction of sp³-hybridized carbons (Fsp3) is 0.875. The van der Waals surface area contributed by atoms with Crippen LogP contribution in [0.3, 0.4) is 0 Å². The molecule has 1 N–H and O–H groups in total. The maximum Gasteiger partial charge on any atom is 0.143 e. The fourth-order valence-electron chi connectivity index (χ4n) is 0.985. The van der Waals surface area contributed by atoms with Crippen LogP contribution in [-0.4, -0.2) is 44.4 Å². The lowest BCUT2D eigenvalue weighted by Gasteiger charge is -2.13. The molecule has 0 fully saturated rings. The van der Waals surface area contributed by atoms with Gasteiger partial charge in [-0.3, -0.25) is 9.69 Å². The first-order valence-electron chi connectivity index (χ1n) is 3.99. The minimum absolute atomic E-state index is 0.233. The Morgan fingerprint density at radius 2 is 2.18 bits per heavy atom. The third-order valence-corrected chi connectivity index (χ3v) is 1.46. The highest BCUT2D eigenvalue weighted by Crippen LogP contribution is 1.85. The number of hydrogen-bond donors (Lipinski definition) is 1. The lowest BCUT2D eigenvalue weighted by molar-refractivity contribution is -0.117. The number of carbonyl (C=O) groups is 1. The van der Waals surface area contributed by atoms with Crippen LogP contribution in [0.2, 0.25) is 0 Å². The Labute approximate surface area is 68.8 Å². The number of ketones is 1. The Kier molecular flexibility index (Phi) is 6.07. The minimum atomic E-state index is 0.233. The number of carbonyl (C=O) groups excluding carboxylic acids is 1. The van der Waals surface area contributed by atoms with Crippen LogP contribution >= 0.6 is 0 Å². The van der Waals surface area contributed by atoms with E-state index in [0.717, 1.165) is 19.5 Å². The average molecular weight is 158 g/mol. The van der Waals surface area contributed by atoms with Crippen LogP contribution < -0.4 is 5.32 Å². The molecular formula is C8H18N2O. The Morgan fingerprint density at radius 3 is 2.64 bits per heavy atom. The predicted molar refractivity (Wildman–Crippen MR) is 46.7 cm³/mol. The van der Waals surface area contributed by atoms with Crippen LogP contribution in [0.1, 0.15) is 13.3 Å². The SMILES string of the molecule is CNCCCN(C)CC(C)=O. The van der Waals surface area contributed by atoms with Gasteiger partial charge in [0.25, 0.3) is 0 Å². The van der Waals surface area contributed by atoms with Crippen molar-refractivity contribution in [1.29, 1.82) is 0 Å². The average Bonchev–Trinajstić information content (AvgIpc) is 1.86. The van der Waals surface area contributed by atoms with Gasteiger partial charge in [-0.2, -0.15) is 0 Å². The Balaban J connectivity index is 3.22. The molecule has 0 rings (SSSR count). The number of rotatable bonds is 6. The molecule has 0 aliphatic rings. The molecule has 0 saturated carbocycles. The van der Waals surface area contributed by atoms with Gasteiger partial charge in [0.1, 0.15) is 5.78 Å². The number of Topliss-reactive ketones (excluding diaryl/α,β-unsaturated/α-hetero) is 1. The summed E-state index contributed by atoms with van der Waals surface area (Å²) in [5.41, 5.74) is 0. The van der Waals surface area contributed by atoms with Crippen molar-refractivity contribution < 1.29 is 4.79 Å². The van der Waals surface area contributed by atoms with Gasteiger partial charge in [-0.1, -0.05) is 0 Å². The molecule has 0 spiro atoms. The van der Waals surface area contributed by atoms with Gasteiger partial charge in [-0.15, -0.1) is 0 Å². The van der Waals surface area contributed by atoms with Gasteiger partial charge in [-0.05, 0) is 40.5 Å². The highest BCUT2D eigenvalue weighted by atomic mass is 16.1. The van der Waals surface area contributed by atoms with E-state index in [1.54, 1.807) is 6.92 Å². The minimum Gasteiger partial charge on any atom is -0.320 e. The molecule has 66 valence electrons. The van der Waals surface area contributed by atoms with E-state index in [1.807, 2.05) is 19.0 Å². The second-order valence-electron chi connectivity index (χ2n) is 2.90. The highest BCUT2D eigenvalue weighted by molar-refractivity contribution is 5.77. The Bertz CT molecular complexity index is 115. The molecule has 0 aliphatic heterocycles. The number of nitrogens with one attached hydrogen (secondary N) is 1. The first-order valence-corrected chi connectivity index (χ1v) is 3.99. The van der Waals surface area contributed by atoms with E-state index in [1.165, 1.54) is 0 Å². The van der Waals surface area contributed by atoms with Gasteiger partial charge < -0.3 is 5.32 Å². The lowest BCUT2D eigenvalue weighted by Crippen LogP contribution is -2.27. The summed E-state index contributed by atoms with van der Waals surface area (Å²) in [5.74, 6) is 0.233. The van der Waals surface area contributed by atoms with Gasteiger partial charge in [-0.25, -0.2) is 0 Å². The van der Waals surface area contributed by atoms with E-state index in [4.69, 9.17) is 0 Å². The van der Waals surface area contributed by atoms with Gasteiger partial charge in [0.05, 0.1) is 6.54 Å². The number of likely N-dealkylation sites (N-methyl/N-ethyl adjacent to an activating group) is 1. The zero-order valence-corrected chi connectivity index (χ0v) is 7.68. The first-order chi connectivity index (χ1) is 5.16. The lowest BCUT2D eigenvalue weighted by atomic mass is 10.3. The van der Waals surface area contributed by atoms with Crippen molar-refractivity contribution in [2.45, 2.75) is 13.3 Å². The van der Waals surface area contributed by atoms with Crippen LogP contribution in [0.4, 0.5) is 0 Å². The summed E-state index contributed by atoms with van der Waals surface area (Å²) in [6.45, 7) is 4.20. The molecular weight excluding hydrogens is 140 g/mol. The molecule has 3 nitrogen and oxygen atoms in total. The predicted octanol–water partition coefficient (Wildman–Crippen LogP) is 0.117. The van der Waals surface area contributed by atoms with E-state index in [9.17, 15) is 4.79 Å². The van der Waals surface area contributed by atoms with Crippen molar-refractivity contribution in [1.82, 2.24) is 10.2 Å². The fourth-order valence-corrected chi connectivity index (χ4v) is 0.985. The second-order valence-corrected chi connectivity index (χ2v) is 2.90. The molecule has 0 saturated heterocycles. The molecule has 0 aromatic carbocycles. The van der Waals surface area contributed by atoms with E-state index < -0.39 is 0 Å². The molecule has 11 heavy (non-hydrogen) atoms. The number of nitrogens with zero attached hydrogens (tertiary/aromatic N) is 1. The molecule has 0 atom stereocenters. The summed E-state index contributed by atoms with van der Waals surface area (Å²) in [6.07, 6.45) is 1.10. The molecule has 0 heterocycles. The largest absolute Gasteiger partial charge is 0.320 e.